The van der Waals surface area contributed by atoms with Gasteiger partial charge in [-0.1, -0.05) is 18.9 Å². The SMILES string of the molecule is CSc1cccc(SCC2CCCC2)c1C(=N)N. The summed E-state index contributed by atoms with van der Waals surface area (Å²) >= 11 is 3.53. The van der Waals surface area contributed by atoms with E-state index < -0.39 is 0 Å². The lowest BCUT2D eigenvalue weighted by Gasteiger charge is -2.14. The van der Waals surface area contributed by atoms with Crippen LogP contribution in [0.2, 0.25) is 0 Å². The number of nitrogens with two attached hydrogens (primary N) is 1. The fourth-order valence-corrected chi connectivity index (χ4v) is 4.44. The molecular weight excluding hydrogens is 260 g/mol. The van der Waals surface area contributed by atoms with Crippen molar-refractivity contribution in [3.8, 4) is 0 Å². The molecule has 0 atom stereocenters. The molecule has 1 fully saturated rings. The van der Waals surface area contributed by atoms with E-state index >= 15 is 0 Å². The van der Waals surface area contributed by atoms with Crippen LogP contribution in [-0.2, 0) is 0 Å². The summed E-state index contributed by atoms with van der Waals surface area (Å²) in [5.74, 6) is 2.21. The van der Waals surface area contributed by atoms with E-state index in [-0.39, 0.29) is 5.84 Å². The molecule has 0 bridgehead atoms. The maximum absolute atomic E-state index is 7.76. The van der Waals surface area contributed by atoms with Crippen LogP contribution in [0.5, 0.6) is 0 Å². The third kappa shape index (κ3) is 3.23. The summed E-state index contributed by atoms with van der Waals surface area (Å²) in [4.78, 5) is 2.28. The summed E-state index contributed by atoms with van der Waals surface area (Å²) in [6.45, 7) is 0. The van der Waals surface area contributed by atoms with Gasteiger partial charge in [0.1, 0.15) is 5.84 Å². The Labute approximate surface area is 118 Å². The van der Waals surface area contributed by atoms with E-state index in [1.54, 1.807) is 11.8 Å². The van der Waals surface area contributed by atoms with E-state index in [0.717, 1.165) is 22.1 Å². The fourth-order valence-electron chi connectivity index (χ4n) is 2.45. The number of nitrogens with one attached hydrogen (secondary N) is 1. The van der Waals surface area contributed by atoms with Gasteiger partial charge in [-0.05, 0) is 37.1 Å². The number of thioether (sulfide) groups is 2. The van der Waals surface area contributed by atoms with Crippen LogP contribution in [0.1, 0.15) is 31.2 Å². The highest BCUT2D eigenvalue weighted by atomic mass is 32.2. The minimum absolute atomic E-state index is 0.189. The molecule has 2 rings (SSSR count). The van der Waals surface area contributed by atoms with Crippen LogP contribution in [0, 0.1) is 11.3 Å². The standard InChI is InChI=1S/C14H20N2S2/c1-17-11-7-4-8-12(13(11)14(15)16)18-9-10-5-2-3-6-10/h4,7-8,10H,2-3,5-6,9H2,1H3,(H3,15,16). The molecule has 0 amide bonds. The molecule has 1 aliphatic rings. The normalized spacial score (nSPS) is 16.1. The highest BCUT2D eigenvalue weighted by Gasteiger charge is 2.17. The Morgan fingerprint density at radius 2 is 2.00 bits per heavy atom. The molecule has 0 heterocycles. The smallest absolute Gasteiger partial charge is 0.125 e. The Hall–Kier alpha value is -0.610. The van der Waals surface area contributed by atoms with Crippen molar-refractivity contribution in [1.82, 2.24) is 0 Å². The lowest BCUT2D eigenvalue weighted by Crippen LogP contribution is -2.14. The van der Waals surface area contributed by atoms with Gasteiger partial charge >= 0.3 is 0 Å². The third-order valence-corrected chi connectivity index (χ3v) is 5.50. The first-order chi connectivity index (χ1) is 8.72. The van der Waals surface area contributed by atoms with Crippen LogP contribution in [0.25, 0.3) is 0 Å². The Kier molecular flexibility index (Phi) is 5.01. The molecule has 18 heavy (non-hydrogen) atoms. The maximum atomic E-state index is 7.76. The van der Waals surface area contributed by atoms with E-state index in [4.69, 9.17) is 11.1 Å². The van der Waals surface area contributed by atoms with E-state index in [0.29, 0.717) is 0 Å². The average Bonchev–Trinajstić information content (AvgIpc) is 2.88. The molecule has 1 saturated carbocycles. The molecule has 0 unspecified atom stereocenters. The molecule has 1 aliphatic carbocycles. The Balaban J connectivity index is 2.13. The molecule has 98 valence electrons. The van der Waals surface area contributed by atoms with Gasteiger partial charge in [-0.25, -0.2) is 0 Å². The van der Waals surface area contributed by atoms with Crippen LogP contribution in [0.4, 0.5) is 0 Å². The molecule has 0 aliphatic heterocycles. The van der Waals surface area contributed by atoms with E-state index in [2.05, 4.69) is 12.1 Å². The number of hydrogen-bond donors (Lipinski definition) is 2. The molecule has 0 saturated heterocycles. The molecular formula is C14H20N2S2. The van der Waals surface area contributed by atoms with Gasteiger partial charge in [-0.2, -0.15) is 0 Å². The first-order valence-electron chi connectivity index (χ1n) is 6.36. The largest absolute Gasteiger partial charge is 0.384 e. The van der Waals surface area contributed by atoms with Crippen molar-refractivity contribution in [1.29, 1.82) is 5.41 Å². The zero-order valence-electron chi connectivity index (χ0n) is 10.7. The highest BCUT2D eigenvalue weighted by Crippen LogP contribution is 2.34. The minimum Gasteiger partial charge on any atom is -0.384 e. The van der Waals surface area contributed by atoms with Crippen molar-refractivity contribution < 1.29 is 0 Å². The topological polar surface area (TPSA) is 49.9 Å². The monoisotopic (exact) mass is 280 g/mol. The van der Waals surface area contributed by atoms with Crippen LogP contribution < -0.4 is 5.73 Å². The second-order valence-corrected chi connectivity index (χ2v) is 6.62. The average molecular weight is 280 g/mol. The number of amidine groups is 1. The lowest BCUT2D eigenvalue weighted by molar-refractivity contribution is 0.623. The third-order valence-electron chi connectivity index (χ3n) is 3.43. The summed E-state index contributed by atoms with van der Waals surface area (Å²) in [5.41, 5.74) is 6.66. The van der Waals surface area contributed by atoms with Crippen molar-refractivity contribution in [3.05, 3.63) is 23.8 Å². The molecule has 1 aromatic carbocycles. The second-order valence-electron chi connectivity index (χ2n) is 4.71. The van der Waals surface area contributed by atoms with E-state index in [9.17, 15) is 0 Å². The summed E-state index contributed by atoms with van der Waals surface area (Å²) in [6, 6.07) is 6.20. The van der Waals surface area contributed by atoms with Crippen LogP contribution >= 0.6 is 23.5 Å². The van der Waals surface area contributed by atoms with Gasteiger partial charge < -0.3 is 5.73 Å². The first kappa shape index (κ1) is 13.8. The summed E-state index contributed by atoms with van der Waals surface area (Å²) in [6.07, 6.45) is 7.54. The van der Waals surface area contributed by atoms with Crippen molar-refractivity contribution in [3.63, 3.8) is 0 Å². The van der Waals surface area contributed by atoms with Gasteiger partial charge in [0.2, 0.25) is 0 Å². The first-order valence-corrected chi connectivity index (χ1v) is 8.57. The van der Waals surface area contributed by atoms with Crippen molar-refractivity contribution in [2.45, 2.75) is 35.5 Å². The molecule has 0 spiro atoms. The molecule has 0 radical (unpaired) electrons. The fraction of sp³-hybridized carbons (Fsp3) is 0.500. The zero-order valence-corrected chi connectivity index (χ0v) is 12.4. The van der Waals surface area contributed by atoms with Gasteiger partial charge in [-0.15, -0.1) is 23.5 Å². The summed E-state index contributed by atoms with van der Waals surface area (Å²) in [7, 11) is 0. The number of rotatable bonds is 5. The Morgan fingerprint density at radius 1 is 1.33 bits per heavy atom. The highest BCUT2D eigenvalue weighted by molar-refractivity contribution is 8.00. The molecule has 3 N–H and O–H groups in total. The van der Waals surface area contributed by atoms with Gasteiger partial charge in [0, 0.05) is 21.1 Å². The zero-order chi connectivity index (χ0) is 13.0. The van der Waals surface area contributed by atoms with Gasteiger partial charge in [0.15, 0.2) is 0 Å². The van der Waals surface area contributed by atoms with Crippen LogP contribution in [0.3, 0.4) is 0 Å². The Morgan fingerprint density at radius 3 is 2.61 bits per heavy atom. The number of benzene rings is 1. The van der Waals surface area contributed by atoms with E-state index in [1.165, 1.54) is 30.6 Å². The predicted molar refractivity (Wildman–Crippen MR) is 81.9 cm³/mol. The van der Waals surface area contributed by atoms with Crippen molar-refractivity contribution in [2.24, 2.45) is 11.7 Å². The second kappa shape index (κ2) is 6.53. The van der Waals surface area contributed by atoms with Crippen molar-refractivity contribution in [2.75, 3.05) is 12.0 Å². The summed E-state index contributed by atoms with van der Waals surface area (Å²) in [5, 5.41) is 7.76. The maximum Gasteiger partial charge on any atom is 0.125 e. The quantitative estimate of drug-likeness (QED) is 0.487. The minimum atomic E-state index is 0.189. The number of nitrogen functional groups attached to an aromatic ring is 1. The van der Waals surface area contributed by atoms with Gasteiger partial charge in [0.25, 0.3) is 0 Å². The van der Waals surface area contributed by atoms with Gasteiger partial charge in [0.05, 0.1) is 0 Å². The van der Waals surface area contributed by atoms with Crippen LogP contribution in [-0.4, -0.2) is 17.8 Å². The predicted octanol–water partition coefficient (Wildman–Crippen LogP) is 3.97. The van der Waals surface area contributed by atoms with Crippen LogP contribution in [0.15, 0.2) is 28.0 Å². The van der Waals surface area contributed by atoms with Gasteiger partial charge in [-0.3, -0.25) is 5.41 Å². The molecule has 0 aromatic heterocycles. The molecule has 2 nitrogen and oxygen atoms in total. The molecule has 1 aromatic rings. The lowest BCUT2D eigenvalue weighted by atomic mass is 10.1. The van der Waals surface area contributed by atoms with Crippen molar-refractivity contribution >= 4 is 29.4 Å². The van der Waals surface area contributed by atoms with E-state index in [1.807, 2.05) is 24.1 Å². The number of hydrogen-bond acceptors (Lipinski definition) is 3. The summed E-state index contributed by atoms with van der Waals surface area (Å²) < 4.78 is 0. The Bertz CT molecular complexity index is 426. The molecule has 4 heteroatoms.